The third kappa shape index (κ3) is 6.01. The molecule has 0 heterocycles. The molecule has 0 aliphatic carbocycles. The van der Waals surface area contributed by atoms with E-state index in [-0.39, 0.29) is 0 Å². The molecule has 0 aromatic heterocycles. The van der Waals surface area contributed by atoms with E-state index in [9.17, 15) is 0 Å². The minimum atomic E-state index is 0.549. The van der Waals surface area contributed by atoms with Crippen molar-refractivity contribution in [2.45, 2.75) is 65.0 Å². The van der Waals surface area contributed by atoms with Crippen molar-refractivity contribution in [3.8, 4) is 0 Å². The van der Waals surface area contributed by atoms with Crippen LogP contribution < -0.4 is 5.32 Å². The molecule has 0 fully saturated rings. The van der Waals surface area contributed by atoms with Crippen molar-refractivity contribution in [2.75, 3.05) is 0 Å². The molecule has 18 heavy (non-hydrogen) atoms. The number of halogens is 1. The summed E-state index contributed by atoms with van der Waals surface area (Å²) in [5, 5.41) is 3.75. The zero-order valence-corrected chi connectivity index (χ0v) is 13.5. The van der Waals surface area contributed by atoms with E-state index in [4.69, 9.17) is 0 Å². The van der Waals surface area contributed by atoms with E-state index in [0.717, 1.165) is 10.9 Å². The molecule has 1 rings (SSSR count). The predicted octanol–water partition coefficient (Wildman–Crippen LogP) is 4.94. The molecule has 2 heteroatoms. The van der Waals surface area contributed by atoms with Crippen molar-refractivity contribution in [1.82, 2.24) is 5.32 Å². The molecule has 0 aliphatic rings. The lowest BCUT2D eigenvalue weighted by Crippen LogP contribution is -2.37. The summed E-state index contributed by atoms with van der Waals surface area (Å²) in [6, 6.07) is 9.88. The quantitative estimate of drug-likeness (QED) is 0.717. The zero-order valence-electron chi connectivity index (χ0n) is 11.9. The summed E-state index contributed by atoms with van der Waals surface area (Å²) < 4.78 is 1.15. The lowest BCUT2D eigenvalue weighted by molar-refractivity contribution is 0.402. The topological polar surface area (TPSA) is 12.0 Å². The SMILES string of the molecule is CCCCC(CC)NC(C)Cc1ccc(Br)cc1. The van der Waals surface area contributed by atoms with Gasteiger partial charge in [0.2, 0.25) is 0 Å². The van der Waals surface area contributed by atoms with Gasteiger partial charge in [-0.3, -0.25) is 0 Å². The summed E-state index contributed by atoms with van der Waals surface area (Å²) in [4.78, 5) is 0. The van der Waals surface area contributed by atoms with E-state index in [1.54, 1.807) is 0 Å². The Hall–Kier alpha value is -0.340. The number of benzene rings is 1. The molecule has 0 saturated heterocycles. The van der Waals surface area contributed by atoms with Gasteiger partial charge in [0.1, 0.15) is 0 Å². The Bertz CT molecular complexity index is 320. The van der Waals surface area contributed by atoms with Crippen molar-refractivity contribution in [2.24, 2.45) is 0 Å². The fourth-order valence-electron chi connectivity index (χ4n) is 2.29. The Balaban J connectivity index is 2.39. The van der Waals surface area contributed by atoms with Gasteiger partial charge in [0.25, 0.3) is 0 Å². The fourth-order valence-corrected chi connectivity index (χ4v) is 2.56. The van der Waals surface area contributed by atoms with Gasteiger partial charge in [-0.15, -0.1) is 0 Å². The molecule has 0 spiro atoms. The van der Waals surface area contributed by atoms with Crippen molar-refractivity contribution >= 4 is 15.9 Å². The molecule has 1 aromatic carbocycles. The monoisotopic (exact) mass is 311 g/mol. The molecule has 2 atom stereocenters. The van der Waals surface area contributed by atoms with Gasteiger partial charge in [-0.1, -0.05) is 54.8 Å². The van der Waals surface area contributed by atoms with E-state index >= 15 is 0 Å². The van der Waals surface area contributed by atoms with Gasteiger partial charge in [-0.05, 0) is 43.9 Å². The Morgan fingerprint density at radius 1 is 1.17 bits per heavy atom. The molecule has 0 bridgehead atoms. The molecule has 102 valence electrons. The van der Waals surface area contributed by atoms with Crippen LogP contribution in [0.3, 0.4) is 0 Å². The number of hydrogen-bond donors (Lipinski definition) is 1. The number of nitrogens with one attached hydrogen (secondary N) is 1. The highest BCUT2D eigenvalue weighted by Crippen LogP contribution is 2.13. The third-order valence-electron chi connectivity index (χ3n) is 3.37. The first-order chi connectivity index (χ1) is 8.65. The van der Waals surface area contributed by atoms with Crippen molar-refractivity contribution in [1.29, 1.82) is 0 Å². The van der Waals surface area contributed by atoms with Crippen LogP contribution in [0.1, 0.15) is 52.0 Å². The van der Waals surface area contributed by atoms with Crippen molar-refractivity contribution < 1.29 is 0 Å². The maximum absolute atomic E-state index is 3.75. The van der Waals surface area contributed by atoms with Gasteiger partial charge >= 0.3 is 0 Å². The van der Waals surface area contributed by atoms with E-state index in [0.29, 0.717) is 12.1 Å². The highest BCUT2D eigenvalue weighted by molar-refractivity contribution is 9.10. The first-order valence-electron chi connectivity index (χ1n) is 7.16. The smallest absolute Gasteiger partial charge is 0.0175 e. The number of rotatable bonds is 8. The average molecular weight is 312 g/mol. The van der Waals surface area contributed by atoms with Crippen LogP contribution in [0.25, 0.3) is 0 Å². The van der Waals surface area contributed by atoms with Crippen LogP contribution in [0.5, 0.6) is 0 Å². The molecule has 0 amide bonds. The summed E-state index contributed by atoms with van der Waals surface area (Å²) >= 11 is 3.48. The fraction of sp³-hybridized carbons (Fsp3) is 0.625. The van der Waals surface area contributed by atoms with Crippen LogP contribution >= 0.6 is 15.9 Å². The standard InChI is InChI=1S/C16H26BrN/c1-4-6-7-16(5-2)18-13(3)12-14-8-10-15(17)11-9-14/h8-11,13,16,18H,4-7,12H2,1-3H3. The average Bonchev–Trinajstić information content (AvgIpc) is 2.37. The van der Waals surface area contributed by atoms with E-state index in [2.05, 4.69) is 66.3 Å². The highest BCUT2D eigenvalue weighted by atomic mass is 79.9. The van der Waals surface area contributed by atoms with Crippen molar-refractivity contribution in [3.63, 3.8) is 0 Å². The second-order valence-electron chi connectivity index (χ2n) is 5.15. The van der Waals surface area contributed by atoms with Crippen LogP contribution in [0.15, 0.2) is 28.7 Å². The Morgan fingerprint density at radius 3 is 2.39 bits per heavy atom. The first-order valence-corrected chi connectivity index (χ1v) is 7.95. The first kappa shape index (κ1) is 15.7. The maximum atomic E-state index is 3.75. The lowest BCUT2D eigenvalue weighted by Gasteiger charge is -2.22. The van der Waals surface area contributed by atoms with Crippen LogP contribution in [0.4, 0.5) is 0 Å². The summed E-state index contributed by atoms with van der Waals surface area (Å²) in [5.41, 5.74) is 1.41. The van der Waals surface area contributed by atoms with Crippen LogP contribution in [0.2, 0.25) is 0 Å². The summed E-state index contributed by atoms with van der Waals surface area (Å²) in [7, 11) is 0. The van der Waals surface area contributed by atoms with Gasteiger partial charge in [-0.2, -0.15) is 0 Å². The Labute approximate surface area is 120 Å². The van der Waals surface area contributed by atoms with Crippen LogP contribution in [-0.2, 0) is 6.42 Å². The number of unbranched alkanes of at least 4 members (excludes halogenated alkanes) is 1. The molecular weight excluding hydrogens is 286 g/mol. The minimum absolute atomic E-state index is 0.549. The van der Waals surface area contributed by atoms with E-state index < -0.39 is 0 Å². The molecule has 0 saturated carbocycles. The zero-order chi connectivity index (χ0) is 13.4. The minimum Gasteiger partial charge on any atom is -0.311 e. The van der Waals surface area contributed by atoms with Crippen molar-refractivity contribution in [3.05, 3.63) is 34.3 Å². The largest absolute Gasteiger partial charge is 0.311 e. The summed E-state index contributed by atoms with van der Waals surface area (Å²) in [6.45, 7) is 6.83. The lowest BCUT2D eigenvalue weighted by atomic mass is 10.0. The van der Waals surface area contributed by atoms with Gasteiger partial charge in [-0.25, -0.2) is 0 Å². The maximum Gasteiger partial charge on any atom is 0.0175 e. The van der Waals surface area contributed by atoms with Gasteiger partial charge in [0.05, 0.1) is 0 Å². The predicted molar refractivity (Wildman–Crippen MR) is 84.0 cm³/mol. The van der Waals surface area contributed by atoms with E-state index in [1.807, 2.05) is 0 Å². The molecule has 2 unspecified atom stereocenters. The van der Waals surface area contributed by atoms with Crippen LogP contribution in [-0.4, -0.2) is 12.1 Å². The van der Waals surface area contributed by atoms with Gasteiger partial charge in [0.15, 0.2) is 0 Å². The molecule has 0 radical (unpaired) electrons. The molecule has 1 aromatic rings. The second-order valence-corrected chi connectivity index (χ2v) is 6.06. The molecular formula is C16H26BrN. The second kappa shape index (κ2) is 8.71. The molecule has 0 aliphatic heterocycles. The third-order valence-corrected chi connectivity index (χ3v) is 3.90. The molecule has 1 nitrogen and oxygen atoms in total. The normalized spacial score (nSPS) is 14.4. The van der Waals surface area contributed by atoms with E-state index in [1.165, 1.54) is 31.2 Å². The highest BCUT2D eigenvalue weighted by Gasteiger charge is 2.10. The summed E-state index contributed by atoms with van der Waals surface area (Å²) in [5.74, 6) is 0. The Morgan fingerprint density at radius 2 is 1.83 bits per heavy atom. The molecule has 1 N–H and O–H groups in total. The summed E-state index contributed by atoms with van der Waals surface area (Å²) in [6.07, 6.45) is 6.26. The Kier molecular flexibility index (Phi) is 7.60. The van der Waals surface area contributed by atoms with Gasteiger partial charge < -0.3 is 5.32 Å². The van der Waals surface area contributed by atoms with Gasteiger partial charge in [0, 0.05) is 16.6 Å². The number of hydrogen-bond acceptors (Lipinski definition) is 1. The van der Waals surface area contributed by atoms with Crippen LogP contribution in [0, 0.1) is 0 Å².